The standard InChI is InChI=1S/C18H14BrFN4O3/c19-12-5-6-14(13(20)8-12)21-17(26)22-24-16(25)15-7-10-3-1-2-4-11(10)9-23(15)18(24)27/h1-6,8,15H,7,9H2,(H2,21,22,26). The van der Waals surface area contributed by atoms with Crippen LogP contribution < -0.4 is 10.7 Å². The molecule has 0 saturated carbocycles. The second-order valence-electron chi connectivity index (χ2n) is 6.26. The number of carbonyl (C=O) groups is 3. The van der Waals surface area contributed by atoms with Crippen LogP contribution >= 0.6 is 15.9 Å². The molecule has 2 aromatic carbocycles. The largest absolute Gasteiger partial charge is 0.347 e. The third kappa shape index (κ3) is 3.14. The number of fused-ring (bicyclic) bond motifs is 2. The minimum Gasteiger partial charge on any atom is -0.306 e. The maximum atomic E-state index is 13.8. The van der Waals surface area contributed by atoms with Gasteiger partial charge in [-0.3, -0.25) is 4.79 Å². The van der Waals surface area contributed by atoms with Gasteiger partial charge in [0.25, 0.3) is 5.91 Å². The van der Waals surface area contributed by atoms with Crippen molar-refractivity contribution in [2.45, 2.75) is 19.0 Å². The number of halogens is 2. The van der Waals surface area contributed by atoms with E-state index in [0.717, 1.165) is 11.1 Å². The molecule has 4 rings (SSSR count). The summed E-state index contributed by atoms with van der Waals surface area (Å²) in [4.78, 5) is 38.7. The number of hydrogen-bond acceptors (Lipinski definition) is 3. The zero-order valence-corrected chi connectivity index (χ0v) is 15.5. The van der Waals surface area contributed by atoms with E-state index < -0.39 is 29.8 Å². The van der Waals surface area contributed by atoms with E-state index in [-0.39, 0.29) is 5.69 Å². The molecule has 27 heavy (non-hydrogen) atoms. The number of carbonyl (C=O) groups excluding carboxylic acids is 3. The van der Waals surface area contributed by atoms with Gasteiger partial charge >= 0.3 is 12.1 Å². The van der Waals surface area contributed by atoms with Gasteiger partial charge in [-0.2, -0.15) is 5.01 Å². The Labute approximate surface area is 162 Å². The van der Waals surface area contributed by atoms with Gasteiger partial charge in [-0.05, 0) is 29.3 Å². The van der Waals surface area contributed by atoms with Crippen LogP contribution in [0.15, 0.2) is 46.9 Å². The highest BCUT2D eigenvalue weighted by molar-refractivity contribution is 9.10. The molecular formula is C18H14BrFN4O3. The number of urea groups is 2. The van der Waals surface area contributed by atoms with Crippen LogP contribution in [0.3, 0.4) is 0 Å². The van der Waals surface area contributed by atoms with Crippen LogP contribution in [0.5, 0.6) is 0 Å². The number of imide groups is 1. The van der Waals surface area contributed by atoms with Crippen LogP contribution in [0.1, 0.15) is 11.1 Å². The molecule has 0 bridgehead atoms. The van der Waals surface area contributed by atoms with E-state index in [4.69, 9.17) is 0 Å². The SMILES string of the molecule is O=C(Nc1ccc(Br)cc1F)NN1C(=O)C2Cc3ccccc3CN2C1=O. The number of anilines is 1. The maximum Gasteiger partial charge on any atom is 0.347 e. The summed E-state index contributed by atoms with van der Waals surface area (Å²) in [6.45, 7) is 0.298. The molecule has 0 aromatic heterocycles. The molecule has 138 valence electrons. The minimum absolute atomic E-state index is 0.0695. The highest BCUT2D eigenvalue weighted by Crippen LogP contribution is 2.29. The van der Waals surface area contributed by atoms with Crippen LogP contribution in [-0.2, 0) is 17.8 Å². The summed E-state index contributed by atoms with van der Waals surface area (Å²) in [6, 6.07) is 9.56. The minimum atomic E-state index is -0.879. The predicted octanol–water partition coefficient (Wildman–Crippen LogP) is 3.01. The molecule has 2 N–H and O–H groups in total. The summed E-state index contributed by atoms with van der Waals surface area (Å²) in [7, 11) is 0. The van der Waals surface area contributed by atoms with Crippen molar-refractivity contribution >= 4 is 39.6 Å². The van der Waals surface area contributed by atoms with Crippen LogP contribution in [0.25, 0.3) is 0 Å². The Morgan fingerprint density at radius 3 is 2.63 bits per heavy atom. The Hall–Kier alpha value is -2.94. The summed E-state index contributed by atoms with van der Waals surface area (Å²) >= 11 is 3.13. The number of nitrogens with zero attached hydrogens (tertiary/aromatic N) is 2. The van der Waals surface area contributed by atoms with Crippen molar-refractivity contribution in [3.8, 4) is 0 Å². The molecule has 1 atom stereocenters. The average Bonchev–Trinajstić information content (AvgIpc) is 2.87. The van der Waals surface area contributed by atoms with E-state index in [2.05, 4.69) is 26.7 Å². The first-order valence-corrected chi connectivity index (χ1v) is 8.97. The third-order valence-electron chi connectivity index (χ3n) is 4.58. The molecule has 7 nitrogen and oxygen atoms in total. The molecule has 5 amide bonds. The summed E-state index contributed by atoms with van der Waals surface area (Å²) in [5, 5.41) is 2.98. The van der Waals surface area contributed by atoms with Crippen molar-refractivity contribution in [1.82, 2.24) is 15.3 Å². The Balaban J connectivity index is 1.48. The molecule has 2 aliphatic rings. The number of rotatable bonds is 2. The monoisotopic (exact) mass is 432 g/mol. The van der Waals surface area contributed by atoms with Crippen LogP contribution in [0.4, 0.5) is 19.7 Å². The smallest absolute Gasteiger partial charge is 0.306 e. The quantitative estimate of drug-likeness (QED) is 0.715. The van der Waals surface area contributed by atoms with E-state index in [0.29, 0.717) is 22.4 Å². The van der Waals surface area contributed by atoms with E-state index in [1.165, 1.54) is 17.0 Å². The lowest BCUT2D eigenvalue weighted by Gasteiger charge is -2.28. The van der Waals surface area contributed by atoms with E-state index in [1.807, 2.05) is 24.3 Å². The van der Waals surface area contributed by atoms with Crippen LogP contribution in [0, 0.1) is 5.82 Å². The molecule has 0 spiro atoms. The molecule has 9 heteroatoms. The third-order valence-corrected chi connectivity index (χ3v) is 5.08. The summed E-state index contributed by atoms with van der Waals surface area (Å²) in [5.41, 5.74) is 4.12. The zero-order chi connectivity index (χ0) is 19.1. The van der Waals surface area contributed by atoms with Gasteiger partial charge in [-0.1, -0.05) is 40.2 Å². The van der Waals surface area contributed by atoms with E-state index in [1.54, 1.807) is 6.07 Å². The fourth-order valence-electron chi connectivity index (χ4n) is 3.26. The Morgan fingerprint density at radius 1 is 1.15 bits per heavy atom. The summed E-state index contributed by atoms with van der Waals surface area (Å²) < 4.78 is 14.4. The second-order valence-corrected chi connectivity index (χ2v) is 7.18. The lowest BCUT2D eigenvalue weighted by molar-refractivity contribution is -0.129. The first-order valence-electron chi connectivity index (χ1n) is 8.18. The Bertz CT molecular complexity index is 924. The van der Waals surface area contributed by atoms with Gasteiger partial charge < -0.3 is 10.2 Å². The fraction of sp³-hybridized carbons (Fsp3) is 0.167. The van der Waals surface area contributed by atoms with Crippen molar-refractivity contribution in [3.63, 3.8) is 0 Å². The first kappa shape index (κ1) is 17.5. The molecular weight excluding hydrogens is 419 g/mol. The maximum absolute atomic E-state index is 13.8. The van der Waals surface area contributed by atoms with Gasteiger partial charge in [-0.15, -0.1) is 0 Å². The van der Waals surface area contributed by atoms with Crippen molar-refractivity contribution in [2.24, 2.45) is 0 Å². The van der Waals surface area contributed by atoms with Gasteiger partial charge in [0, 0.05) is 17.4 Å². The Kier molecular flexibility index (Phi) is 4.31. The first-order chi connectivity index (χ1) is 12.9. The van der Waals surface area contributed by atoms with Gasteiger partial charge in [0.15, 0.2) is 0 Å². The van der Waals surface area contributed by atoms with Gasteiger partial charge in [-0.25, -0.2) is 19.4 Å². The summed E-state index contributed by atoms with van der Waals surface area (Å²) in [5.74, 6) is -1.16. The van der Waals surface area contributed by atoms with Crippen molar-refractivity contribution < 1.29 is 18.8 Å². The average molecular weight is 433 g/mol. The molecule has 2 aromatic rings. The van der Waals surface area contributed by atoms with Gasteiger partial charge in [0.05, 0.1) is 5.69 Å². The number of hydrogen-bond donors (Lipinski definition) is 2. The molecule has 1 unspecified atom stereocenters. The molecule has 2 aliphatic heterocycles. The van der Waals surface area contributed by atoms with Gasteiger partial charge in [0.2, 0.25) is 0 Å². The molecule has 2 heterocycles. The zero-order valence-electron chi connectivity index (χ0n) is 13.9. The van der Waals surface area contributed by atoms with Crippen molar-refractivity contribution in [1.29, 1.82) is 0 Å². The van der Waals surface area contributed by atoms with Crippen molar-refractivity contribution in [3.05, 3.63) is 63.9 Å². The predicted molar refractivity (Wildman–Crippen MR) is 98.0 cm³/mol. The topological polar surface area (TPSA) is 81.8 Å². The molecule has 0 aliphatic carbocycles. The molecule has 1 fully saturated rings. The lowest BCUT2D eigenvalue weighted by Crippen LogP contribution is -2.48. The van der Waals surface area contributed by atoms with Crippen LogP contribution in [0.2, 0.25) is 0 Å². The highest BCUT2D eigenvalue weighted by atomic mass is 79.9. The number of amides is 5. The summed E-state index contributed by atoms with van der Waals surface area (Å²) in [6.07, 6.45) is 0.391. The molecule has 1 saturated heterocycles. The van der Waals surface area contributed by atoms with Crippen LogP contribution in [-0.4, -0.2) is 33.9 Å². The van der Waals surface area contributed by atoms with Crippen molar-refractivity contribution in [2.75, 3.05) is 5.32 Å². The van der Waals surface area contributed by atoms with E-state index >= 15 is 0 Å². The number of benzene rings is 2. The lowest BCUT2D eigenvalue weighted by atomic mass is 9.95. The van der Waals surface area contributed by atoms with Gasteiger partial charge in [0.1, 0.15) is 11.9 Å². The normalized spacial score (nSPS) is 18.2. The number of nitrogens with one attached hydrogen (secondary N) is 2. The highest BCUT2D eigenvalue weighted by Gasteiger charge is 2.48. The fourth-order valence-corrected chi connectivity index (χ4v) is 3.60. The second kappa shape index (κ2) is 6.66. The molecule has 0 radical (unpaired) electrons. The Morgan fingerprint density at radius 2 is 1.89 bits per heavy atom. The number of hydrazine groups is 1. The van der Waals surface area contributed by atoms with E-state index in [9.17, 15) is 18.8 Å².